The largest absolute Gasteiger partial charge is 3.00 e. The van der Waals surface area contributed by atoms with Crippen LogP contribution in [0, 0.1) is 36.7 Å². The SMILES string of the molecule is CN(C(=O)c1cc(C(=O)N(C)c2ccc(-c3[c-]cccc3)nc2)cc(-c2cccc(-c3cc(C(=O)N(C)c4ccc(-c5[c-]cccc5)nc4)cc(C(=O)N(C)c4ccc(-c5[c-]cccc5)nc4)c3)c2-c2cnc(-n3[c-]cc[c-]3)nc2)c1)c1ccc(-c2[c-]cccc2)nc1.[Ir+3].[Ir+3]. The van der Waals surface area contributed by atoms with Crippen molar-refractivity contribution in [3.63, 3.8) is 0 Å². The van der Waals surface area contributed by atoms with E-state index in [1.807, 2.05) is 164 Å². The van der Waals surface area contributed by atoms with Crippen LogP contribution in [0.3, 0.4) is 0 Å². The van der Waals surface area contributed by atoms with Crippen molar-refractivity contribution in [2.75, 3.05) is 47.8 Å². The molecule has 6 aromatic heterocycles. The molecule has 17 heteroatoms. The first kappa shape index (κ1) is 65.2. The van der Waals surface area contributed by atoms with E-state index in [0.717, 1.165) is 22.3 Å². The molecule has 0 fully saturated rings. The fourth-order valence-corrected chi connectivity index (χ4v) is 10.8. The van der Waals surface area contributed by atoms with Gasteiger partial charge in [-0.3, -0.25) is 31.4 Å². The molecule has 0 spiro atoms. The Labute approximate surface area is 576 Å². The van der Waals surface area contributed by atoms with Gasteiger partial charge in [0.25, 0.3) is 23.6 Å². The van der Waals surface area contributed by atoms with Crippen LogP contribution < -0.4 is 19.6 Å². The van der Waals surface area contributed by atoms with Gasteiger partial charge in [-0.2, -0.15) is 0 Å². The maximum Gasteiger partial charge on any atom is 3.00 e. The standard InChI is InChI=1S/C78H53N11O4.2Ir/c1-85(63-30-34-69(79-48-63)52-20-9-5-10-21-52)74(90)58-40-56(41-59(44-58)75(91)86(2)64-31-35-70(80-49-64)53-22-11-6-12-23-53)67-28-19-29-68(73(67)62-46-83-78(84-47-62)89-38-17-18-39-89)57-42-60(76(92)87(3)65-32-36-71(81-50-65)54-24-13-7-14-25-54)45-61(43-57)77(93)88(4)66-33-37-72(82-51-66)55-26-15-8-16-27-55;;/h5-20,22,24,26,28-37,40-51H,1-4H3;;/q-6;2*+3. The molecule has 13 rings (SSSR count). The summed E-state index contributed by atoms with van der Waals surface area (Å²) >= 11 is 0. The zero-order valence-electron chi connectivity index (χ0n) is 51.4. The second-order valence-corrected chi connectivity index (χ2v) is 21.7. The summed E-state index contributed by atoms with van der Waals surface area (Å²) < 4.78 is 1.54. The van der Waals surface area contributed by atoms with Gasteiger partial charge in [0, 0.05) is 98.8 Å². The number of nitrogens with zero attached hydrogens (tertiary/aromatic N) is 11. The first-order valence-electron chi connectivity index (χ1n) is 29.5. The van der Waals surface area contributed by atoms with E-state index < -0.39 is 23.6 Å². The average molecular weight is 1590 g/mol. The van der Waals surface area contributed by atoms with Crippen molar-refractivity contribution >= 4 is 46.4 Å². The van der Waals surface area contributed by atoms with Crippen LogP contribution in [0.1, 0.15) is 41.4 Å². The van der Waals surface area contributed by atoms with Gasteiger partial charge in [0.1, 0.15) is 0 Å². The maximum atomic E-state index is 15.2. The predicted octanol–water partition coefficient (Wildman–Crippen LogP) is 14.4. The Hall–Kier alpha value is -11.3. The summed E-state index contributed by atoms with van der Waals surface area (Å²) in [6.07, 6.45) is 15.9. The molecule has 4 amide bonds. The van der Waals surface area contributed by atoms with Crippen LogP contribution in [0.2, 0.25) is 0 Å². The number of benzene rings is 7. The van der Waals surface area contributed by atoms with Gasteiger partial charge in [0.15, 0.2) is 0 Å². The van der Waals surface area contributed by atoms with E-state index in [-0.39, 0.29) is 62.5 Å². The Morgan fingerprint density at radius 1 is 0.326 bits per heavy atom. The molecule has 95 heavy (non-hydrogen) atoms. The summed E-state index contributed by atoms with van der Waals surface area (Å²) in [4.78, 5) is 95.0. The number of hydrogen-bond donors (Lipinski definition) is 0. The number of carbonyl (C=O) groups is 4. The number of carbonyl (C=O) groups excluding carboxylic acids is 4. The van der Waals surface area contributed by atoms with Crippen molar-refractivity contribution in [1.29, 1.82) is 0 Å². The van der Waals surface area contributed by atoms with Crippen LogP contribution in [0.15, 0.2) is 250 Å². The summed E-state index contributed by atoms with van der Waals surface area (Å²) in [5.74, 6) is -1.43. The Bertz CT molecular complexity index is 4340. The van der Waals surface area contributed by atoms with Crippen molar-refractivity contribution in [2.45, 2.75) is 0 Å². The topological polar surface area (TPSA) is 164 Å². The Morgan fingerprint density at radius 2 is 0.632 bits per heavy atom. The van der Waals surface area contributed by atoms with Crippen LogP contribution >= 0.6 is 0 Å². The van der Waals surface area contributed by atoms with Gasteiger partial charge in [-0.05, 0) is 106 Å². The van der Waals surface area contributed by atoms with Crippen LogP contribution in [0.4, 0.5) is 22.7 Å². The molecule has 0 unspecified atom stereocenters. The third-order valence-electron chi connectivity index (χ3n) is 15.9. The summed E-state index contributed by atoms with van der Waals surface area (Å²) in [7, 11) is 6.62. The monoisotopic (exact) mass is 1590 g/mol. The normalized spacial score (nSPS) is 10.7. The van der Waals surface area contributed by atoms with E-state index in [0.29, 0.717) is 84.9 Å². The van der Waals surface area contributed by atoms with Gasteiger partial charge in [0.05, 0.1) is 28.7 Å². The quantitative estimate of drug-likeness (QED) is 0.0851. The molecule has 0 aliphatic rings. The maximum absolute atomic E-state index is 15.2. The average Bonchev–Trinajstić information content (AvgIpc) is 0.894. The number of amides is 4. The summed E-state index contributed by atoms with van der Waals surface area (Å²) in [5.41, 5.74) is 11.7. The molecule has 0 N–H and O–H groups in total. The van der Waals surface area contributed by atoms with Crippen molar-refractivity contribution in [2.24, 2.45) is 0 Å². The molecule has 15 nitrogen and oxygen atoms in total. The zero-order valence-corrected chi connectivity index (χ0v) is 56.2. The Morgan fingerprint density at radius 3 is 0.895 bits per heavy atom. The summed E-state index contributed by atoms with van der Waals surface area (Å²) in [6, 6.07) is 76.6. The Balaban J connectivity index is 0.00000459. The van der Waals surface area contributed by atoms with Crippen molar-refractivity contribution in [3.8, 4) is 84.4 Å². The van der Waals surface area contributed by atoms with E-state index in [2.05, 4.69) is 36.7 Å². The molecule has 0 aliphatic heterocycles. The number of aromatic nitrogens is 7. The van der Waals surface area contributed by atoms with Gasteiger partial charge < -0.3 is 54.1 Å². The molecule has 13 aromatic rings. The summed E-state index contributed by atoms with van der Waals surface area (Å²) in [6.45, 7) is 0. The third-order valence-corrected chi connectivity index (χ3v) is 15.9. The van der Waals surface area contributed by atoms with Crippen LogP contribution in [-0.4, -0.2) is 86.3 Å². The second kappa shape index (κ2) is 29.1. The third kappa shape index (κ3) is 14.1. The van der Waals surface area contributed by atoms with Gasteiger partial charge >= 0.3 is 40.2 Å². The number of pyridine rings is 4. The van der Waals surface area contributed by atoms with Crippen molar-refractivity contribution in [1.82, 2.24) is 34.5 Å². The molecular weight excluding hydrogens is 1540 g/mol. The molecule has 0 saturated carbocycles. The molecule has 6 heterocycles. The number of rotatable bonds is 16. The molecule has 0 radical (unpaired) electrons. The van der Waals surface area contributed by atoms with E-state index in [1.54, 1.807) is 114 Å². The fraction of sp³-hybridized carbons (Fsp3) is 0.0513. The minimum Gasteiger partial charge on any atom is -0.562 e. The minimum atomic E-state index is -0.432. The van der Waals surface area contributed by atoms with Gasteiger partial charge in [-0.15, -0.1) is 144 Å². The first-order valence-corrected chi connectivity index (χ1v) is 29.5. The molecule has 0 saturated heterocycles. The fourth-order valence-electron chi connectivity index (χ4n) is 10.8. The van der Waals surface area contributed by atoms with Crippen molar-refractivity contribution < 1.29 is 59.4 Å². The van der Waals surface area contributed by atoms with Gasteiger partial charge in [-0.1, -0.05) is 42.5 Å². The van der Waals surface area contributed by atoms with Crippen LogP contribution in [-0.2, 0) is 40.2 Å². The molecule has 0 atom stereocenters. The summed E-state index contributed by atoms with van der Waals surface area (Å²) in [5, 5.41) is 0. The zero-order chi connectivity index (χ0) is 64.0. The van der Waals surface area contributed by atoms with E-state index in [1.165, 1.54) is 24.2 Å². The van der Waals surface area contributed by atoms with Crippen LogP contribution in [0.25, 0.3) is 84.4 Å². The molecule has 0 bridgehead atoms. The van der Waals surface area contributed by atoms with Gasteiger partial charge in [-0.25, -0.2) is 12.3 Å². The van der Waals surface area contributed by atoms with E-state index in [9.17, 15) is 0 Å². The van der Waals surface area contributed by atoms with Crippen LogP contribution in [0.5, 0.6) is 0 Å². The second-order valence-electron chi connectivity index (χ2n) is 21.7. The predicted molar refractivity (Wildman–Crippen MR) is 360 cm³/mol. The van der Waals surface area contributed by atoms with Gasteiger partial charge in [0.2, 0.25) is 0 Å². The van der Waals surface area contributed by atoms with E-state index >= 15 is 19.2 Å². The Kier molecular flexibility index (Phi) is 20.0. The van der Waals surface area contributed by atoms with E-state index in [4.69, 9.17) is 29.9 Å². The number of anilines is 4. The molecule has 7 aromatic carbocycles. The molecular formula is C78H53Ir2N11O4. The smallest absolute Gasteiger partial charge is 0.562 e. The minimum absolute atomic E-state index is 0. The first-order chi connectivity index (χ1) is 45.4. The van der Waals surface area contributed by atoms with Crippen molar-refractivity contribution in [3.05, 3.63) is 308 Å². The molecule has 462 valence electrons. The number of hydrogen-bond acceptors (Lipinski definition) is 10. The molecule has 0 aliphatic carbocycles.